The Morgan fingerprint density at radius 1 is 1.00 bits per heavy atom. The third-order valence-corrected chi connectivity index (χ3v) is 3.89. The summed E-state index contributed by atoms with van der Waals surface area (Å²) in [6, 6.07) is 18.4. The average Bonchev–Trinajstić information content (AvgIpc) is 2.69. The molecule has 0 spiro atoms. The Bertz CT molecular complexity index is 1040. The van der Waals surface area contributed by atoms with Crippen molar-refractivity contribution in [2.75, 3.05) is 0 Å². The van der Waals surface area contributed by atoms with E-state index in [1.807, 2.05) is 0 Å². The molecular formula is C21H14ClFN2O3. The summed E-state index contributed by atoms with van der Waals surface area (Å²) < 4.78 is 18.7. The molecule has 0 heterocycles. The van der Waals surface area contributed by atoms with Gasteiger partial charge < -0.3 is 4.74 Å². The molecule has 5 nitrogen and oxygen atoms in total. The molecule has 0 saturated heterocycles. The first-order valence-corrected chi connectivity index (χ1v) is 8.56. The molecule has 0 fully saturated rings. The molecule has 0 aliphatic rings. The lowest BCUT2D eigenvalue weighted by Gasteiger charge is -2.05. The number of nitrogens with zero attached hydrogens (tertiary/aromatic N) is 1. The first-order chi connectivity index (χ1) is 13.5. The first-order valence-electron chi connectivity index (χ1n) is 8.19. The predicted molar refractivity (Wildman–Crippen MR) is 104 cm³/mol. The van der Waals surface area contributed by atoms with Gasteiger partial charge in [-0.15, -0.1) is 0 Å². The summed E-state index contributed by atoms with van der Waals surface area (Å²) in [5.41, 5.74) is 3.31. The van der Waals surface area contributed by atoms with Gasteiger partial charge in [-0.1, -0.05) is 29.8 Å². The molecule has 28 heavy (non-hydrogen) atoms. The van der Waals surface area contributed by atoms with Gasteiger partial charge in [0, 0.05) is 10.6 Å². The van der Waals surface area contributed by atoms with Crippen molar-refractivity contribution in [3.05, 3.63) is 100 Å². The van der Waals surface area contributed by atoms with E-state index in [0.29, 0.717) is 16.1 Å². The van der Waals surface area contributed by atoms with Crippen LogP contribution in [0.2, 0.25) is 5.02 Å². The van der Waals surface area contributed by atoms with Crippen molar-refractivity contribution in [3.8, 4) is 5.75 Å². The van der Waals surface area contributed by atoms with E-state index in [1.54, 1.807) is 48.5 Å². The van der Waals surface area contributed by atoms with Gasteiger partial charge in [0.05, 0.1) is 11.8 Å². The number of halogens is 2. The van der Waals surface area contributed by atoms with Crippen molar-refractivity contribution < 1.29 is 18.7 Å². The lowest BCUT2D eigenvalue weighted by Crippen LogP contribution is -2.17. The fraction of sp³-hybridized carbons (Fsp3) is 0. The van der Waals surface area contributed by atoms with Crippen LogP contribution in [0.5, 0.6) is 5.75 Å². The SMILES string of the molecule is O=C(N/N=C/c1ccc(OC(=O)c2ccccc2F)cc1)c1cccc(Cl)c1. The molecule has 140 valence electrons. The van der Waals surface area contributed by atoms with Crippen molar-refractivity contribution in [1.82, 2.24) is 5.43 Å². The van der Waals surface area contributed by atoms with Gasteiger partial charge in [0.2, 0.25) is 0 Å². The van der Waals surface area contributed by atoms with E-state index < -0.39 is 17.7 Å². The lowest BCUT2D eigenvalue weighted by atomic mass is 10.2. The Labute approximate surface area is 165 Å². The summed E-state index contributed by atoms with van der Waals surface area (Å²) in [7, 11) is 0. The topological polar surface area (TPSA) is 67.8 Å². The number of rotatable bonds is 5. The molecule has 0 unspecified atom stereocenters. The van der Waals surface area contributed by atoms with Gasteiger partial charge >= 0.3 is 5.97 Å². The Hall–Kier alpha value is -3.51. The van der Waals surface area contributed by atoms with Gasteiger partial charge in [-0.2, -0.15) is 5.10 Å². The number of nitrogens with one attached hydrogen (secondary N) is 1. The average molecular weight is 397 g/mol. The van der Waals surface area contributed by atoms with Crippen LogP contribution in [0.3, 0.4) is 0 Å². The highest BCUT2D eigenvalue weighted by atomic mass is 35.5. The quantitative estimate of drug-likeness (QED) is 0.299. The molecular weight excluding hydrogens is 383 g/mol. The van der Waals surface area contributed by atoms with Crippen molar-refractivity contribution in [1.29, 1.82) is 0 Å². The standard InChI is InChI=1S/C21H14ClFN2O3/c22-16-5-3-4-15(12-16)20(26)25-24-13-14-8-10-17(11-9-14)28-21(27)18-6-1-2-7-19(18)23/h1-13H,(H,25,26)/b24-13+. The van der Waals surface area contributed by atoms with E-state index >= 15 is 0 Å². The summed E-state index contributed by atoms with van der Waals surface area (Å²) in [5, 5.41) is 4.33. The summed E-state index contributed by atoms with van der Waals surface area (Å²) in [5.74, 6) is -1.57. The van der Waals surface area contributed by atoms with Gasteiger partial charge in [-0.25, -0.2) is 14.6 Å². The third-order valence-electron chi connectivity index (χ3n) is 3.65. The minimum Gasteiger partial charge on any atom is -0.423 e. The Balaban J connectivity index is 1.58. The van der Waals surface area contributed by atoms with Crippen LogP contribution in [-0.4, -0.2) is 18.1 Å². The van der Waals surface area contributed by atoms with Gasteiger partial charge in [0.1, 0.15) is 11.6 Å². The number of hydrogen-bond donors (Lipinski definition) is 1. The zero-order valence-electron chi connectivity index (χ0n) is 14.4. The fourth-order valence-electron chi connectivity index (χ4n) is 2.27. The van der Waals surface area contributed by atoms with E-state index in [0.717, 1.165) is 0 Å². The Morgan fingerprint density at radius 2 is 1.75 bits per heavy atom. The Kier molecular flexibility index (Phi) is 6.14. The fourth-order valence-corrected chi connectivity index (χ4v) is 2.46. The maximum absolute atomic E-state index is 13.6. The van der Waals surface area contributed by atoms with Crippen molar-refractivity contribution in [3.63, 3.8) is 0 Å². The third kappa shape index (κ3) is 5.02. The van der Waals surface area contributed by atoms with Crippen LogP contribution in [0.1, 0.15) is 26.3 Å². The Morgan fingerprint density at radius 3 is 2.46 bits per heavy atom. The first kappa shape index (κ1) is 19.3. The van der Waals surface area contributed by atoms with Gasteiger partial charge in [0.15, 0.2) is 0 Å². The summed E-state index contributed by atoms with van der Waals surface area (Å²) >= 11 is 5.84. The van der Waals surface area contributed by atoms with Crippen molar-refractivity contribution in [2.24, 2.45) is 5.10 Å². The highest BCUT2D eigenvalue weighted by Gasteiger charge is 2.13. The van der Waals surface area contributed by atoms with E-state index in [4.69, 9.17) is 16.3 Å². The monoisotopic (exact) mass is 396 g/mol. The molecule has 3 rings (SSSR count). The zero-order chi connectivity index (χ0) is 19.9. The van der Waals surface area contributed by atoms with Crippen LogP contribution in [0.4, 0.5) is 4.39 Å². The molecule has 0 aliphatic heterocycles. The van der Waals surface area contributed by atoms with E-state index in [1.165, 1.54) is 30.5 Å². The van der Waals surface area contributed by atoms with Crippen LogP contribution < -0.4 is 10.2 Å². The molecule has 0 radical (unpaired) electrons. The molecule has 0 aromatic heterocycles. The molecule has 7 heteroatoms. The molecule has 3 aromatic rings. The van der Waals surface area contributed by atoms with Gasteiger partial charge in [0.25, 0.3) is 5.91 Å². The molecule has 0 atom stereocenters. The molecule has 0 saturated carbocycles. The van der Waals surface area contributed by atoms with Gasteiger partial charge in [-0.3, -0.25) is 4.79 Å². The minimum atomic E-state index is -0.784. The zero-order valence-corrected chi connectivity index (χ0v) is 15.2. The van der Waals surface area contributed by atoms with E-state index in [9.17, 15) is 14.0 Å². The van der Waals surface area contributed by atoms with Crippen LogP contribution in [0.25, 0.3) is 0 Å². The second-order valence-electron chi connectivity index (χ2n) is 5.65. The number of ether oxygens (including phenoxy) is 1. The van der Waals surface area contributed by atoms with E-state index in [-0.39, 0.29) is 11.3 Å². The van der Waals surface area contributed by atoms with Crippen LogP contribution in [0, 0.1) is 5.82 Å². The molecule has 0 aliphatic carbocycles. The molecule has 1 N–H and O–H groups in total. The highest BCUT2D eigenvalue weighted by molar-refractivity contribution is 6.30. The number of hydrazone groups is 1. The number of benzene rings is 3. The molecule has 3 aromatic carbocycles. The van der Waals surface area contributed by atoms with Crippen LogP contribution in [0.15, 0.2) is 77.9 Å². The highest BCUT2D eigenvalue weighted by Crippen LogP contribution is 2.15. The van der Waals surface area contributed by atoms with E-state index in [2.05, 4.69) is 10.5 Å². The normalized spacial score (nSPS) is 10.6. The molecule has 1 amide bonds. The maximum Gasteiger partial charge on any atom is 0.346 e. The summed E-state index contributed by atoms with van der Waals surface area (Å²) in [6.07, 6.45) is 1.44. The number of hydrogen-bond acceptors (Lipinski definition) is 4. The predicted octanol–water partition coefficient (Wildman–Crippen LogP) is 4.46. The maximum atomic E-state index is 13.6. The second kappa shape index (κ2) is 8.92. The summed E-state index contributed by atoms with van der Waals surface area (Å²) in [4.78, 5) is 23.9. The smallest absolute Gasteiger partial charge is 0.346 e. The molecule has 0 bridgehead atoms. The number of carbonyl (C=O) groups is 2. The van der Waals surface area contributed by atoms with Crippen molar-refractivity contribution >= 4 is 29.7 Å². The summed E-state index contributed by atoms with van der Waals surface area (Å²) in [6.45, 7) is 0. The van der Waals surface area contributed by atoms with Gasteiger partial charge in [-0.05, 0) is 60.2 Å². The van der Waals surface area contributed by atoms with Crippen LogP contribution >= 0.6 is 11.6 Å². The lowest BCUT2D eigenvalue weighted by molar-refractivity contribution is 0.0729. The second-order valence-corrected chi connectivity index (χ2v) is 6.08. The minimum absolute atomic E-state index is 0.142. The largest absolute Gasteiger partial charge is 0.423 e. The number of amides is 1. The number of esters is 1. The van der Waals surface area contributed by atoms with Crippen LogP contribution in [-0.2, 0) is 0 Å². The number of carbonyl (C=O) groups excluding carboxylic acids is 2. The van der Waals surface area contributed by atoms with Crippen molar-refractivity contribution in [2.45, 2.75) is 0 Å².